The number of hydrogen-bond acceptors (Lipinski definition) is 5. The van der Waals surface area contributed by atoms with Crippen LogP contribution in [-0.2, 0) is 20.4 Å². The highest BCUT2D eigenvalue weighted by Crippen LogP contribution is 2.31. The highest BCUT2D eigenvalue weighted by Gasteiger charge is 2.35. The molecule has 0 aliphatic carbocycles. The minimum Gasteiger partial charge on any atom is -0.464 e. The highest BCUT2D eigenvalue weighted by molar-refractivity contribution is 5.82. The molecule has 146 valence electrons. The molecule has 2 atom stereocenters. The van der Waals surface area contributed by atoms with Crippen molar-refractivity contribution in [2.45, 2.75) is 51.6 Å². The molecule has 0 fully saturated rings. The van der Waals surface area contributed by atoms with Crippen LogP contribution in [0.15, 0.2) is 24.3 Å². The predicted molar refractivity (Wildman–Crippen MR) is 86.2 cm³/mol. The molecule has 1 aromatic carbocycles. The van der Waals surface area contributed by atoms with Crippen molar-refractivity contribution in [1.29, 1.82) is 0 Å². The fraction of sp³-hybridized carbons (Fsp3) is 0.529. The molecular formula is C17H22F3NO5. The molecule has 0 aliphatic rings. The average molecular weight is 377 g/mol. The van der Waals surface area contributed by atoms with Crippen molar-refractivity contribution in [1.82, 2.24) is 5.32 Å². The molecular weight excluding hydrogens is 355 g/mol. The largest absolute Gasteiger partial charge is 0.464 e. The Balaban J connectivity index is 3.10. The Morgan fingerprint density at radius 1 is 1.23 bits per heavy atom. The maximum Gasteiger partial charge on any atom is 0.416 e. The molecule has 0 saturated heterocycles. The SMILES string of the molecule is CCOC(=O)[C@H](NC(=O)OC(C)(C)C)[C@@H](O)c1cccc(C(F)(F)F)c1. The summed E-state index contributed by atoms with van der Waals surface area (Å²) in [4.78, 5) is 24.0. The Labute approximate surface area is 149 Å². The summed E-state index contributed by atoms with van der Waals surface area (Å²) in [5.74, 6) is -0.997. The highest BCUT2D eigenvalue weighted by atomic mass is 19.4. The van der Waals surface area contributed by atoms with E-state index >= 15 is 0 Å². The quantitative estimate of drug-likeness (QED) is 0.770. The fourth-order valence-electron chi connectivity index (χ4n) is 2.02. The van der Waals surface area contributed by atoms with E-state index in [-0.39, 0.29) is 12.2 Å². The molecule has 1 aromatic rings. The second kappa shape index (κ2) is 8.39. The minimum absolute atomic E-state index is 0.0410. The van der Waals surface area contributed by atoms with Crippen molar-refractivity contribution in [2.24, 2.45) is 0 Å². The zero-order chi connectivity index (χ0) is 20.1. The van der Waals surface area contributed by atoms with Gasteiger partial charge in [-0.05, 0) is 45.4 Å². The van der Waals surface area contributed by atoms with Crippen LogP contribution in [0.3, 0.4) is 0 Å². The van der Waals surface area contributed by atoms with Gasteiger partial charge in [0.25, 0.3) is 0 Å². The third-order valence-corrected chi connectivity index (χ3v) is 3.08. The van der Waals surface area contributed by atoms with Crippen LogP contribution >= 0.6 is 0 Å². The molecule has 0 spiro atoms. The van der Waals surface area contributed by atoms with E-state index < -0.39 is 41.5 Å². The minimum atomic E-state index is -4.62. The van der Waals surface area contributed by atoms with Crippen LogP contribution in [0.5, 0.6) is 0 Å². The average Bonchev–Trinajstić information content (AvgIpc) is 2.49. The van der Waals surface area contributed by atoms with Crippen molar-refractivity contribution in [3.8, 4) is 0 Å². The van der Waals surface area contributed by atoms with Gasteiger partial charge in [-0.2, -0.15) is 13.2 Å². The first kappa shape index (κ1) is 21.8. The third kappa shape index (κ3) is 6.55. The normalized spacial score (nSPS) is 14.3. The molecule has 0 saturated carbocycles. The van der Waals surface area contributed by atoms with E-state index in [2.05, 4.69) is 5.32 Å². The van der Waals surface area contributed by atoms with Crippen molar-refractivity contribution in [3.05, 3.63) is 35.4 Å². The maximum absolute atomic E-state index is 12.8. The summed E-state index contributed by atoms with van der Waals surface area (Å²) >= 11 is 0. The van der Waals surface area contributed by atoms with Crippen LogP contribution in [0.25, 0.3) is 0 Å². The third-order valence-electron chi connectivity index (χ3n) is 3.08. The molecule has 0 bridgehead atoms. The lowest BCUT2D eigenvalue weighted by Crippen LogP contribution is -2.47. The lowest BCUT2D eigenvalue weighted by Gasteiger charge is -2.26. The number of rotatable bonds is 5. The van der Waals surface area contributed by atoms with Crippen molar-refractivity contribution >= 4 is 12.1 Å². The monoisotopic (exact) mass is 377 g/mol. The Bertz CT molecular complexity index is 640. The van der Waals surface area contributed by atoms with E-state index in [4.69, 9.17) is 9.47 Å². The zero-order valence-corrected chi connectivity index (χ0v) is 14.9. The summed E-state index contributed by atoms with van der Waals surface area (Å²) in [5, 5.41) is 12.5. The number of aliphatic hydroxyl groups is 1. The summed E-state index contributed by atoms with van der Waals surface area (Å²) in [6, 6.07) is 2.21. The van der Waals surface area contributed by atoms with Gasteiger partial charge in [-0.15, -0.1) is 0 Å². The molecule has 9 heteroatoms. The van der Waals surface area contributed by atoms with Crippen LogP contribution in [0, 0.1) is 0 Å². The van der Waals surface area contributed by atoms with Gasteiger partial charge in [-0.3, -0.25) is 0 Å². The summed E-state index contributed by atoms with van der Waals surface area (Å²) in [7, 11) is 0. The molecule has 0 aromatic heterocycles. The predicted octanol–water partition coefficient (Wildman–Crippen LogP) is 3.20. The Kier molecular flexibility index (Phi) is 7.02. The first-order chi connectivity index (χ1) is 11.8. The number of hydrogen-bond donors (Lipinski definition) is 2. The topological polar surface area (TPSA) is 84.9 Å². The summed E-state index contributed by atoms with van der Waals surface area (Å²) in [6.45, 7) is 6.25. The Morgan fingerprint density at radius 2 is 1.85 bits per heavy atom. The summed E-state index contributed by atoms with van der Waals surface area (Å²) in [5.41, 5.74) is -2.06. The van der Waals surface area contributed by atoms with Crippen LogP contribution in [0.4, 0.5) is 18.0 Å². The number of esters is 1. The molecule has 0 radical (unpaired) electrons. The van der Waals surface area contributed by atoms with Gasteiger partial charge in [0.15, 0.2) is 6.04 Å². The molecule has 0 aliphatic heterocycles. The Hall–Kier alpha value is -2.29. The number of aliphatic hydroxyl groups excluding tert-OH is 1. The number of alkyl halides is 3. The van der Waals surface area contributed by atoms with Crippen molar-refractivity contribution in [3.63, 3.8) is 0 Å². The van der Waals surface area contributed by atoms with E-state index in [0.717, 1.165) is 12.1 Å². The molecule has 26 heavy (non-hydrogen) atoms. The molecule has 1 rings (SSSR count). The lowest BCUT2D eigenvalue weighted by atomic mass is 10.00. The molecule has 2 N–H and O–H groups in total. The van der Waals surface area contributed by atoms with E-state index in [0.29, 0.717) is 6.07 Å². The van der Waals surface area contributed by atoms with Crippen LogP contribution < -0.4 is 5.32 Å². The van der Waals surface area contributed by atoms with E-state index in [9.17, 15) is 27.9 Å². The first-order valence-electron chi connectivity index (χ1n) is 7.86. The number of alkyl carbamates (subject to hydrolysis) is 1. The Morgan fingerprint density at radius 3 is 2.35 bits per heavy atom. The number of amides is 1. The molecule has 1 amide bonds. The standard InChI is InChI=1S/C17H22F3NO5/c1-5-25-14(23)12(21-15(24)26-16(2,3)4)13(22)10-7-6-8-11(9-10)17(18,19)20/h6-9,12-13,22H,5H2,1-4H3,(H,21,24)/t12-,13+/m1/s1. The number of carbonyl (C=O) groups excluding carboxylic acids is 2. The van der Waals surface area contributed by atoms with E-state index in [1.165, 1.54) is 13.0 Å². The van der Waals surface area contributed by atoms with Gasteiger partial charge in [0.05, 0.1) is 12.2 Å². The lowest BCUT2D eigenvalue weighted by molar-refractivity contribution is -0.148. The van der Waals surface area contributed by atoms with Gasteiger partial charge in [0, 0.05) is 0 Å². The number of ether oxygens (including phenoxy) is 2. The van der Waals surface area contributed by atoms with Crippen LogP contribution in [0.2, 0.25) is 0 Å². The van der Waals surface area contributed by atoms with E-state index in [1.807, 2.05) is 0 Å². The van der Waals surface area contributed by atoms with Gasteiger partial charge in [0.1, 0.15) is 11.7 Å². The van der Waals surface area contributed by atoms with Gasteiger partial charge in [-0.1, -0.05) is 12.1 Å². The number of nitrogens with one attached hydrogen (secondary N) is 1. The van der Waals surface area contributed by atoms with Crippen LogP contribution in [0.1, 0.15) is 44.9 Å². The maximum atomic E-state index is 12.8. The molecule has 0 unspecified atom stereocenters. The summed E-state index contributed by atoms with van der Waals surface area (Å²) < 4.78 is 48.3. The van der Waals surface area contributed by atoms with Gasteiger partial charge in [-0.25, -0.2) is 9.59 Å². The van der Waals surface area contributed by atoms with Crippen LogP contribution in [-0.4, -0.2) is 35.4 Å². The summed E-state index contributed by atoms with van der Waals surface area (Å²) in [6.07, 6.45) is -7.39. The number of benzene rings is 1. The van der Waals surface area contributed by atoms with Crippen molar-refractivity contribution < 1.29 is 37.3 Å². The fourth-order valence-corrected chi connectivity index (χ4v) is 2.02. The number of halogens is 3. The second-order valence-electron chi connectivity index (χ2n) is 6.44. The first-order valence-corrected chi connectivity index (χ1v) is 7.86. The smallest absolute Gasteiger partial charge is 0.416 e. The van der Waals surface area contributed by atoms with Gasteiger partial charge >= 0.3 is 18.2 Å². The van der Waals surface area contributed by atoms with Crippen molar-refractivity contribution in [2.75, 3.05) is 6.61 Å². The zero-order valence-electron chi connectivity index (χ0n) is 14.9. The van der Waals surface area contributed by atoms with Gasteiger partial charge in [0.2, 0.25) is 0 Å². The number of carbonyl (C=O) groups is 2. The second-order valence-corrected chi connectivity index (χ2v) is 6.44. The van der Waals surface area contributed by atoms with E-state index in [1.54, 1.807) is 20.8 Å². The molecule has 6 nitrogen and oxygen atoms in total. The van der Waals surface area contributed by atoms with Gasteiger partial charge < -0.3 is 19.9 Å². The molecule has 0 heterocycles.